The van der Waals surface area contributed by atoms with E-state index in [0.717, 1.165) is 18.7 Å². The van der Waals surface area contributed by atoms with Crippen LogP contribution in [0, 0.1) is 0 Å². The Balaban J connectivity index is 1.43. The first-order valence-electron chi connectivity index (χ1n) is 9.32. The third-order valence-corrected chi connectivity index (χ3v) is 6.15. The number of benzene rings is 2. The van der Waals surface area contributed by atoms with Crippen molar-refractivity contribution in [3.63, 3.8) is 0 Å². The second-order valence-corrected chi connectivity index (χ2v) is 7.87. The van der Waals surface area contributed by atoms with E-state index in [4.69, 9.17) is 0 Å². The summed E-state index contributed by atoms with van der Waals surface area (Å²) in [6.45, 7) is 2.94. The highest BCUT2D eigenvalue weighted by Crippen LogP contribution is 2.28. The molecule has 1 aromatic heterocycles. The average molecular weight is 365 g/mol. The third kappa shape index (κ3) is 3.81. The van der Waals surface area contributed by atoms with Crippen LogP contribution in [-0.2, 0) is 11.2 Å². The van der Waals surface area contributed by atoms with Crippen LogP contribution in [0.2, 0.25) is 0 Å². The van der Waals surface area contributed by atoms with E-state index in [1.54, 1.807) is 11.3 Å². The normalized spacial score (nSPS) is 16.0. The molecule has 0 radical (unpaired) electrons. The van der Waals surface area contributed by atoms with Gasteiger partial charge in [-0.3, -0.25) is 9.69 Å². The van der Waals surface area contributed by atoms with E-state index in [1.807, 2.05) is 18.2 Å². The molecule has 0 saturated carbocycles. The summed E-state index contributed by atoms with van der Waals surface area (Å²) < 4.78 is 0. The molecule has 0 unspecified atom stereocenters. The summed E-state index contributed by atoms with van der Waals surface area (Å²) in [5, 5.41) is 7.66. The molecule has 0 aliphatic carbocycles. The fourth-order valence-electron chi connectivity index (χ4n) is 3.84. The molecule has 2 aromatic carbocycles. The molecule has 2 heterocycles. The second-order valence-electron chi connectivity index (χ2n) is 6.89. The molecule has 134 valence electrons. The van der Waals surface area contributed by atoms with Gasteiger partial charge in [0, 0.05) is 11.4 Å². The summed E-state index contributed by atoms with van der Waals surface area (Å²) in [4.78, 5) is 16.5. The number of carbonyl (C=O) groups excluding carboxylic acids is 1. The van der Waals surface area contributed by atoms with Gasteiger partial charge in [-0.1, -0.05) is 48.5 Å². The minimum absolute atomic E-state index is 0.0992. The van der Waals surface area contributed by atoms with E-state index >= 15 is 0 Å². The molecule has 26 heavy (non-hydrogen) atoms. The maximum absolute atomic E-state index is 12.6. The minimum atomic E-state index is 0.0992. The SMILES string of the molecule is O=C(Cc1cccc2ccccc12)NC[C@H](c1cccs1)N1CCCC1. The molecule has 0 bridgehead atoms. The molecular weight excluding hydrogens is 340 g/mol. The molecule has 1 aliphatic heterocycles. The van der Waals surface area contributed by atoms with Gasteiger partial charge >= 0.3 is 0 Å². The molecular formula is C22H24N2OS. The summed E-state index contributed by atoms with van der Waals surface area (Å²) in [6.07, 6.45) is 2.94. The Morgan fingerprint density at radius 3 is 2.65 bits per heavy atom. The van der Waals surface area contributed by atoms with Crippen LogP contribution in [0.3, 0.4) is 0 Å². The third-order valence-electron chi connectivity index (χ3n) is 5.18. The predicted octanol–water partition coefficient (Wildman–Crippen LogP) is 4.40. The number of thiophene rings is 1. The van der Waals surface area contributed by atoms with Crippen LogP contribution < -0.4 is 5.32 Å². The van der Waals surface area contributed by atoms with Gasteiger partial charge in [0.2, 0.25) is 5.91 Å². The van der Waals surface area contributed by atoms with E-state index in [0.29, 0.717) is 19.0 Å². The Bertz CT molecular complexity index is 863. The fourth-order valence-corrected chi connectivity index (χ4v) is 4.70. The molecule has 1 N–H and O–H groups in total. The number of amides is 1. The van der Waals surface area contributed by atoms with Gasteiger partial charge in [-0.2, -0.15) is 0 Å². The first kappa shape index (κ1) is 17.3. The molecule has 1 aliphatic rings. The summed E-state index contributed by atoms with van der Waals surface area (Å²) >= 11 is 1.78. The van der Waals surface area contributed by atoms with Gasteiger partial charge in [0.05, 0.1) is 12.5 Å². The summed E-state index contributed by atoms with van der Waals surface area (Å²) in [6, 6.07) is 19.0. The van der Waals surface area contributed by atoms with Crippen molar-refractivity contribution in [3.8, 4) is 0 Å². The lowest BCUT2D eigenvalue weighted by molar-refractivity contribution is -0.120. The molecule has 4 rings (SSSR count). The van der Waals surface area contributed by atoms with Crippen LogP contribution >= 0.6 is 11.3 Å². The predicted molar refractivity (Wildman–Crippen MR) is 109 cm³/mol. The average Bonchev–Trinajstić information content (AvgIpc) is 3.37. The molecule has 1 amide bonds. The van der Waals surface area contributed by atoms with Gasteiger partial charge < -0.3 is 5.32 Å². The van der Waals surface area contributed by atoms with Crippen LogP contribution in [0.15, 0.2) is 60.0 Å². The number of nitrogens with one attached hydrogen (secondary N) is 1. The van der Waals surface area contributed by atoms with E-state index in [1.165, 1.54) is 28.5 Å². The quantitative estimate of drug-likeness (QED) is 0.703. The van der Waals surface area contributed by atoms with Crippen molar-refractivity contribution in [3.05, 3.63) is 70.4 Å². The van der Waals surface area contributed by atoms with Crippen molar-refractivity contribution >= 4 is 28.0 Å². The maximum atomic E-state index is 12.6. The first-order valence-corrected chi connectivity index (χ1v) is 10.2. The fraction of sp³-hybridized carbons (Fsp3) is 0.318. The maximum Gasteiger partial charge on any atom is 0.224 e. The van der Waals surface area contributed by atoms with Crippen LogP contribution in [0.4, 0.5) is 0 Å². The zero-order valence-electron chi connectivity index (χ0n) is 14.9. The zero-order valence-corrected chi connectivity index (χ0v) is 15.7. The van der Waals surface area contributed by atoms with Gasteiger partial charge in [0.15, 0.2) is 0 Å². The molecule has 1 saturated heterocycles. The van der Waals surface area contributed by atoms with E-state index in [-0.39, 0.29) is 5.91 Å². The van der Waals surface area contributed by atoms with Crippen molar-refractivity contribution in [2.75, 3.05) is 19.6 Å². The summed E-state index contributed by atoms with van der Waals surface area (Å²) in [5.41, 5.74) is 1.09. The lowest BCUT2D eigenvalue weighted by atomic mass is 10.0. The topological polar surface area (TPSA) is 32.3 Å². The van der Waals surface area contributed by atoms with Crippen molar-refractivity contribution < 1.29 is 4.79 Å². The molecule has 4 heteroatoms. The van der Waals surface area contributed by atoms with Crippen molar-refractivity contribution in [1.82, 2.24) is 10.2 Å². The first-order chi connectivity index (χ1) is 12.8. The molecule has 1 fully saturated rings. The number of rotatable bonds is 6. The number of hydrogen-bond acceptors (Lipinski definition) is 3. The van der Waals surface area contributed by atoms with Crippen LogP contribution in [-0.4, -0.2) is 30.4 Å². The van der Waals surface area contributed by atoms with Gasteiger partial charge in [-0.15, -0.1) is 11.3 Å². The molecule has 0 spiro atoms. The second kappa shape index (κ2) is 8.02. The van der Waals surface area contributed by atoms with E-state index in [2.05, 4.69) is 52.0 Å². The Morgan fingerprint density at radius 1 is 1.04 bits per heavy atom. The summed E-state index contributed by atoms with van der Waals surface area (Å²) in [7, 11) is 0. The Hall–Kier alpha value is -2.17. The Kier molecular flexibility index (Phi) is 5.32. The summed E-state index contributed by atoms with van der Waals surface area (Å²) in [5.74, 6) is 0.0992. The number of nitrogens with zero attached hydrogens (tertiary/aromatic N) is 1. The number of hydrogen-bond donors (Lipinski definition) is 1. The Labute approximate surface area is 158 Å². The number of carbonyl (C=O) groups is 1. The highest BCUT2D eigenvalue weighted by molar-refractivity contribution is 7.10. The van der Waals surface area contributed by atoms with Gasteiger partial charge in [0.1, 0.15) is 0 Å². The van der Waals surface area contributed by atoms with E-state index in [9.17, 15) is 4.79 Å². The smallest absolute Gasteiger partial charge is 0.224 e. The standard InChI is InChI=1S/C22H24N2OS/c25-22(15-18-9-5-8-17-7-1-2-10-19(17)18)23-16-20(21-11-6-14-26-21)24-12-3-4-13-24/h1-2,5-11,14,20H,3-4,12-13,15-16H2,(H,23,25)/t20-/m1/s1. The highest BCUT2D eigenvalue weighted by Gasteiger charge is 2.24. The van der Waals surface area contributed by atoms with Crippen molar-refractivity contribution in [2.45, 2.75) is 25.3 Å². The van der Waals surface area contributed by atoms with Gasteiger partial charge in [-0.05, 0) is 53.7 Å². The molecule has 3 nitrogen and oxygen atoms in total. The minimum Gasteiger partial charge on any atom is -0.354 e. The Morgan fingerprint density at radius 2 is 1.85 bits per heavy atom. The van der Waals surface area contributed by atoms with Crippen LogP contribution in [0.5, 0.6) is 0 Å². The van der Waals surface area contributed by atoms with E-state index < -0.39 is 0 Å². The molecule has 3 aromatic rings. The van der Waals surface area contributed by atoms with Gasteiger partial charge in [0.25, 0.3) is 0 Å². The lowest BCUT2D eigenvalue weighted by Crippen LogP contribution is -2.37. The van der Waals surface area contributed by atoms with Crippen LogP contribution in [0.1, 0.15) is 29.3 Å². The van der Waals surface area contributed by atoms with Gasteiger partial charge in [-0.25, -0.2) is 0 Å². The monoisotopic (exact) mass is 364 g/mol. The molecule has 1 atom stereocenters. The number of fused-ring (bicyclic) bond motifs is 1. The van der Waals surface area contributed by atoms with Crippen LogP contribution in [0.25, 0.3) is 10.8 Å². The lowest BCUT2D eigenvalue weighted by Gasteiger charge is -2.27. The highest BCUT2D eigenvalue weighted by atomic mass is 32.1. The zero-order chi connectivity index (χ0) is 17.8. The van der Waals surface area contributed by atoms with Crippen molar-refractivity contribution in [2.24, 2.45) is 0 Å². The largest absolute Gasteiger partial charge is 0.354 e. The number of likely N-dealkylation sites (tertiary alicyclic amines) is 1. The van der Waals surface area contributed by atoms with Crippen molar-refractivity contribution in [1.29, 1.82) is 0 Å².